The molecule has 0 saturated carbocycles. The zero-order valence-electron chi connectivity index (χ0n) is 41.7. The van der Waals surface area contributed by atoms with Gasteiger partial charge in [-0.1, -0.05) is 100 Å². The van der Waals surface area contributed by atoms with E-state index in [1.807, 2.05) is 13.8 Å². The second-order valence-corrected chi connectivity index (χ2v) is 18.0. The Bertz CT molecular complexity index is 2360. The van der Waals surface area contributed by atoms with Gasteiger partial charge in [0.1, 0.15) is 55.2 Å². The highest BCUT2D eigenvalue weighted by atomic mass is 16.5. The Morgan fingerprint density at radius 1 is 0.459 bits per heavy atom. The van der Waals surface area contributed by atoms with Crippen LogP contribution in [0.1, 0.15) is 57.2 Å². The molecule has 0 aliphatic carbocycles. The minimum absolute atomic E-state index is 0.00824. The summed E-state index contributed by atoms with van der Waals surface area (Å²) in [5.74, 6) is -8.30. The van der Waals surface area contributed by atoms with Crippen molar-refractivity contribution < 1.29 is 68.0 Å². The maximum Gasteiger partial charge on any atom is 0.407 e. The quantitative estimate of drug-likeness (QED) is 0.0338. The number of amides is 10. The van der Waals surface area contributed by atoms with E-state index in [1.165, 1.54) is 24.3 Å². The van der Waals surface area contributed by atoms with Gasteiger partial charge in [0.25, 0.3) is 0 Å². The van der Waals surface area contributed by atoms with E-state index in [2.05, 4.69) is 47.9 Å². The Morgan fingerprint density at radius 2 is 0.865 bits per heavy atom. The molecule has 24 nitrogen and oxygen atoms in total. The third kappa shape index (κ3) is 22.5. The molecule has 3 aromatic rings. The van der Waals surface area contributed by atoms with E-state index in [1.54, 1.807) is 74.5 Å². The average molecular weight is 1030 g/mol. The summed E-state index contributed by atoms with van der Waals surface area (Å²) in [4.78, 5) is 131. The molecular weight excluding hydrogens is 965 g/mol. The number of benzene rings is 3. The average Bonchev–Trinajstić information content (AvgIpc) is 3.36. The summed E-state index contributed by atoms with van der Waals surface area (Å²) >= 11 is 0. The van der Waals surface area contributed by atoms with Crippen LogP contribution in [0, 0.1) is 11.8 Å². The number of nitrogens with two attached hydrogens (primary N) is 1. The first-order chi connectivity index (χ1) is 35.2. The van der Waals surface area contributed by atoms with E-state index in [-0.39, 0.29) is 49.9 Å². The van der Waals surface area contributed by atoms with Gasteiger partial charge in [0.2, 0.25) is 53.2 Å². The van der Waals surface area contributed by atoms with Crippen molar-refractivity contribution in [1.29, 1.82) is 0 Å². The normalized spacial score (nSPS) is 13.3. The molecule has 0 bridgehead atoms. The summed E-state index contributed by atoms with van der Waals surface area (Å²) in [6.45, 7) is 3.34. The van der Waals surface area contributed by atoms with Gasteiger partial charge < -0.3 is 73.6 Å². The van der Waals surface area contributed by atoms with Crippen LogP contribution < -0.4 is 53.6 Å². The molecule has 74 heavy (non-hydrogen) atoms. The van der Waals surface area contributed by atoms with Gasteiger partial charge in [0, 0.05) is 12.8 Å². The van der Waals surface area contributed by atoms with Crippen LogP contribution in [0.3, 0.4) is 0 Å². The van der Waals surface area contributed by atoms with E-state index < -0.39 is 128 Å². The maximum absolute atomic E-state index is 14.1. The van der Waals surface area contributed by atoms with Crippen molar-refractivity contribution in [3.8, 4) is 5.75 Å². The number of rotatable bonds is 30. The molecule has 0 radical (unpaired) electrons. The van der Waals surface area contributed by atoms with Crippen LogP contribution in [0.15, 0.2) is 84.9 Å². The van der Waals surface area contributed by atoms with Gasteiger partial charge in [-0.15, -0.1) is 0 Å². The van der Waals surface area contributed by atoms with Crippen molar-refractivity contribution in [2.24, 2.45) is 17.6 Å². The first kappa shape index (κ1) is 60.2. The van der Waals surface area contributed by atoms with E-state index in [0.29, 0.717) is 11.1 Å². The lowest BCUT2D eigenvalue weighted by Crippen LogP contribution is -2.61. The lowest BCUT2D eigenvalue weighted by molar-refractivity contribution is -0.136. The topological polar surface area (TPSA) is 375 Å². The zero-order valence-corrected chi connectivity index (χ0v) is 41.7. The zero-order chi connectivity index (χ0) is 54.7. The number of ether oxygens (including phenoxy) is 1. The smallest absolute Gasteiger partial charge is 0.407 e. The van der Waals surface area contributed by atoms with E-state index in [4.69, 9.17) is 10.5 Å². The fraction of sp³-hybridized carbons (Fsp3) is 0.440. The van der Waals surface area contributed by atoms with Crippen molar-refractivity contribution in [3.05, 3.63) is 102 Å². The minimum Gasteiger partial charge on any atom is -0.508 e. The van der Waals surface area contributed by atoms with Crippen LogP contribution in [-0.2, 0) is 67.3 Å². The molecule has 0 aliphatic rings. The predicted molar refractivity (Wildman–Crippen MR) is 266 cm³/mol. The van der Waals surface area contributed by atoms with Crippen LogP contribution in [0.4, 0.5) is 4.79 Å². The summed E-state index contributed by atoms with van der Waals surface area (Å²) in [6.07, 6.45) is -1.01. The summed E-state index contributed by atoms with van der Waals surface area (Å²) in [5.41, 5.74) is 7.16. The highest BCUT2D eigenvalue weighted by Gasteiger charge is 2.33. The van der Waals surface area contributed by atoms with Crippen LogP contribution in [0.2, 0.25) is 0 Å². The highest BCUT2D eigenvalue weighted by molar-refractivity contribution is 5.97. The van der Waals surface area contributed by atoms with Gasteiger partial charge in [0.15, 0.2) is 0 Å². The SMILES string of the molecule is CC(C)C[C@H](NC(=O)CNC(=O)[C@H](Cc1ccccc1)NC(=O)[C@H](CO)NC(=O)[C@H](Cc1ccc(O)cc1)NC(=O)[C@H](CC(C)C)NC(=O)[C@H](CO)NC(=O)CNC(=O)CNC(=O)OCc1ccccc1)C(N)=O. The standard InChI is InChI=1S/C50H68N10O14/c1-29(2)19-35(44(51)67)55-43(66)25-53-45(68)37(21-31-11-7-5-8-12-31)58-49(72)40(27-62)60-47(70)38(22-32-15-17-34(63)18-16-32)59-46(69)36(20-30(3)4)57-48(71)39(26-61)56-42(65)24-52-41(64)23-54-50(73)74-28-33-13-9-6-10-14-33/h5-18,29-30,35-40,61-63H,19-28H2,1-4H3,(H2,51,67)(H,52,64)(H,53,68)(H,54,73)(H,55,66)(H,56,65)(H,57,71)(H,58,72)(H,59,69)(H,60,70)/t35-,36-,37-,38-,39-,40-/m0/s1. The minimum atomic E-state index is -1.72. The Labute approximate surface area is 428 Å². The summed E-state index contributed by atoms with van der Waals surface area (Å²) in [7, 11) is 0. The van der Waals surface area contributed by atoms with Crippen molar-refractivity contribution in [1.82, 2.24) is 47.9 Å². The van der Waals surface area contributed by atoms with Gasteiger partial charge in [-0.3, -0.25) is 43.2 Å². The molecule has 0 spiro atoms. The molecule has 402 valence electrons. The molecule has 0 heterocycles. The summed E-state index contributed by atoms with van der Waals surface area (Å²) in [5, 5.41) is 52.0. The number of alkyl carbamates (subject to hydrolysis) is 1. The first-order valence-electron chi connectivity index (χ1n) is 23.8. The third-order valence-corrected chi connectivity index (χ3v) is 10.8. The molecule has 0 aromatic heterocycles. The van der Waals surface area contributed by atoms with Gasteiger partial charge in [-0.05, 0) is 53.5 Å². The second kappa shape index (κ2) is 31.4. The molecule has 0 saturated heterocycles. The monoisotopic (exact) mass is 1030 g/mol. The van der Waals surface area contributed by atoms with E-state index >= 15 is 0 Å². The Hall–Kier alpha value is -8.12. The third-order valence-electron chi connectivity index (χ3n) is 10.8. The predicted octanol–water partition coefficient (Wildman–Crippen LogP) is -2.19. The number of nitrogens with one attached hydrogen (secondary N) is 9. The van der Waals surface area contributed by atoms with Crippen molar-refractivity contribution in [2.45, 2.75) is 96.2 Å². The molecule has 0 fully saturated rings. The molecule has 24 heteroatoms. The van der Waals surface area contributed by atoms with Crippen LogP contribution in [-0.4, -0.2) is 144 Å². The van der Waals surface area contributed by atoms with E-state index in [9.17, 15) is 63.3 Å². The van der Waals surface area contributed by atoms with Crippen molar-refractivity contribution >= 4 is 59.3 Å². The lowest BCUT2D eigenvalue weighted by Gasteiger charge is -2.27. The van der Waals surface area contributed by atoms with Crippen molar-refractivity contribution in [2.75, 3.05) is 32.8 Å². The fourth-order valence-electron chi connectivity index (χ4n) is 6.98. The summed E-state index contributed by atoms with van der Waals surface area (Å²) < 4.78 is 5.03. The van der Waals surface area contributed by atoms with Gasteiger partial charge in [0.05, 0.1) is 26.3 Å². The number of phenolic OH excluding ortho intramolecular Hbond substituents is 1. The van der Waals surface area contributed by atoms with Gasteiger partial charge in [-0.2, -0.15) is 0 Å². The van der Waals surface area contributed by atoms with Gasteiger partial charge >= 0.3 is 6.09 Å². The number of aromatic hydroxyl groups is 1. The molecule has 10 amide bonds. The maximum atomic E-state index is 14.1. The number of carbonyl (C=O) groups excluding carboxylic acids is 10. The number of phenols is 1. The van der Waals surface area contributed by atoms with Crippen LogP contribution >= 0.6 is 0 Å². The van der Waals surface area contributed by atoms with Gasteiger partial charge in [-0.25, -0.2) is 4.79 Å². The largest absolute Gasteiger partial charge is 0.508 e. The molecule has 6 atom stereocenters. The molecule has 0 unspecified atom stereocenters. The van der Waals surface area contributed by atoms with Crippen LogP contribution in [0.25, 0.3) is 0 Å². The Balaban J connectivity index is 1.71. The van der Waals surface area contributed by atoms with Crippen molar-refractivity contribution in [3.63, 3.8) is 0 Å². The number of carbonyl (C=O) groups is 10. The molecular formula is C50H68N10O14. The lowest BCUT2D eigenvalue weighted by atomic mass is 10.0. The first-order valence-corrected chi connectivity index (χ1v) is 23.8. The molecule has 14 N–H and O–H groups in total. The summed E-state index contributed by atoms with van der Waals surface area (Å²) in [6, 6.07) is 14.3. The number of hydrogen-bond donors (Lipinski definition) is 13. The highest BCUT2D eigenvalue weighted by Crippen LogP contribution is 2.14. The number of primary amides is 1. The fourth-order valence-corrected chi connectivity index (χ4v) is 6.98. The second-order valence-electron chi connectivity index (χ2n) is 18.0. The van der Waals surface area contributed by atoms with Crippen LogP contribution in [0.5, 0.6) is 5.75 Å². The Morgan fingerprint density at radius 3 is 1.39 bits per heavy atom. The Kier molecular flexibility index (Phi) is 25.5. The molecule has 0 aliphatic heterocycles. The number of hydrogen-bond acceptors (Lipinski definition) is 14. The number of aliphatic hydroxyl groups is 2. The molecule has 3 rings (SSSR count). The van der Waals surface area contributed by atoms with E-state index in [0.717, 1.165) is 5.56 Å². The number of aliphatic hydroxyl groups excluding tert-OH is 2. The molecule has 3 aromatic carbocycles.